The summed E-state index contributed by atoms with van der Waals surface area (Å²) in [6.07, 6.45) is -2.94. The molecule has 3 N–H and O–H groups in total. The van der Waals surface area contributed by atoms with E-state index in [0.717, 1.165) is 13.1 Å². The van der Waals surface area contributed by atoms with Gasteiger partial charge in [-0.05, 0) is 32.9 Å². The first-order valence-corrected chi connectivity index (χ1v) is 5.14. The highest BCUT2D eigenvalue weighted by Gasteiger charge is 2.31. The molecule has 0 aromatic rings. The van der Waals surface area contributed by atoms with Crippen LogP contribution in [0.4, 0.5) is 18.0 Å². The van der Waals surface area contributed by atoms with E-state index in [0.29, 0.717) is 12.8 Å². The molecule has 0 saturated carbocycles. The number of amides is 2. The Bertz CT molecular complexity index is 249. The molecule has 7 heteroatoms. The van der Waals surface area contributed by atoms with E-state index in [1.165, 1.54) is 0 Å². The van der Waals surface area contributed by atoms with Gasteiger partial charge >= 0.3 is 12.2 Å². The van der Waals surface area contributed by atoms with Crippen LogP contribution in [0, 0.1) is 0 Å². The lowest BCUT2D eigenvalue weighted by molar-refractivity contribution is -0.122. The van der Waals surface area contributed by atoms with Gasteiger partial charge in [-0.1, -0.05) is 0 Å². The summed E-state index contributed by atoms with van der Waals surface area (Å²) in [6, 6.07) is -0.762. The number of carbonyl (C=O) groups excluding carboxylic acids is 1. The monoisotopic (exact) mass is 239 g/mol. The Hall–Kier alpha value is -0.980. The van der Waals surface area contributed by atoms with Crippen LogP contribution in [0.15, 0.2) is 0 Å². The fraction of sp³-hybridized carbons (Fsp3) is 0.889. The Labute approximate surface area is 92.0 Å². The molecule has 1 heterocycles. The predicted molar refractivity (Wildman–Crippen MR) is 53.1 cm³/mol. The van der Waals surface area contributed by atoms with Gasteiger partial charge in [0, 0.05) is 5.54 Å². The summed E-state index contributed by atoms with van der Waals surface area (Å²) >= 11 is 0. The zero-order chi connectivity index (χ0) is 12.2. The highest BCUT2D eigenvalue weighted by atomic mass is 19.4. The fourth-order valence-electron chi connectivity index (χ4n) is 1.60. The average molecular weight is 239 g/mol. The van der Waals surface area contributed by atoms with E-state index in [1.807, 2.05) is 6.92 Å². The summed E-state index contributed by atoms with van der Waals surface area (Å²) in [7, 11) is 0. The molecular weight excluding hydrogens is 223 g/mol. The van der Waals surface area contributed by atoms with E-state index < -0.39 is 24.3 Å². The number of hydrogen-bond acceptors (Lipinski definition) is 2. The maximum atomic E-state index is 11.8. The van der Waals surface area contributed by atoms with E-state index in [9.17, 15) is 18.0 Å². The lowest BCUT2D eigenvalue weighted by Crippen LogP contribution is -2.55. The minimum Gasteiger partial charge on any atom is -0.333 e. The number of hydrogen-bond donors (Lipinski definition) is 3. The third kappa shape index (κ3) is 4.69. The van der Waals surface area contributed by atoms with Gasteiger partial charge in [-0.25, -0.2) is 4.79 Å². The second-order valence-corrected chi connectivity index (χ2v) is 4.23. The van der Waals surface area contributed by atoms with Crippen LogP contribution in [0.3, 0.4) is 0 Å². The van der Waals surface area contributed by atoms with E-state index >= 15 is 0 Å². The normalized spacial score (nSPS) is 20.2. The largest absolute Gasteiger partial charge is 0.405 e. The van der Waals surface area contributed by atoms with Crippen LogP contribution in [-0.2, 0) is 0 Å². The van der Waals surface area contributed by atoms with Gasteiger partial charge in [0.15, 0.2) is 0 Å². The maximum absolute atomic E-state index is 11.8. The molecule has 94 valence electrons. The molecule has 1 aliphatic heterocycles. The van der Waals surface area contributed by atoms with Crippen molar-refractivity contribution in [1.29, 1.82) is 0 Å². The maximum Gasteiger partial charge on any atom is 0.405 e. The number of carbonyl (C=O) groups is 1. The fourth-order valence-corrected chi connectivity index (χ4v) is 1.60. The standard InChI is InChI=1S/C9H16F3N3O/c1-8(2-4-13-5-3-8)15-7(16)14-6-9(10,11)12/h13H,2-6H2,1H3,(H2,14,15,16). The van der Waals surface area contributed by atoms with Crippen molar-refractivity contribution in [2.75, 3.05) is 19.6 Å². The number of nitrogens with one attached hydrogen (secondary N) is 3. The highest BCUT2D eigenvalue weighted by molar-refractivity contribution is 5.74. The number of halogens is 3. The van der Waals surface area contributed by atoms with Gasteiger partial charge in [0.25, 0.3) is 0 Å². The van der Waals surface area contributed by atoms with Gasteiger partial charge < -0.3 is 16.0 Å². The topological polar surface area (TPSA) is 53.2 Å². The molecule has 16 heavy (non-hydrogen) atoms. The van der Waals surface area contributed by atoms with Crippen molar-refractivity contribution in [3.05, 3.63) is 0 Å². The zero-order valence-corrected chi connectivity index (χ0v) is 9.08. The van der Waals surface area contributed by atoms with E-state index in [1.54, 1.807) is 5.32 Å². The summed E-state index contributed by atoms with van der Waals surface area (Å²) in [5, 5.41) is 7.50. The van der Waals surface area contributed by atoms with Gasteiger partial charge in [0.1, 0.15) is 6.54 Å². The smallest absolute Gasteiger partial charge is 0.333 e. The Morgan fingerprint density at radius 2 is 1.94 bits per heavy atom. The molecule has 0 radical (unpaired) electrons. The van der Waals surface area contributed by atoms with Gasteiger partial charge in [0.05, 0.1) is 0 Å². The number of piperidine rings is 1. The Morgan fingerprint density at radius 3 is 2.44 bits per heavy atom. The van der Waals surface area contributed by atoms with Crippen LogP contribution in [0.1, 0.15) is 19.8 Å². The molecule has 0 aromatic heterocycles. The molecule has 4 nitrogen and oxygen atoms in total. The Morgan fingerprint density at radius 1 is 1.38 bits per heavy atom. The molecule has 0 aromatic carbocycles. The van der Waals surface area contributed by atoms with Crippen molar-refractivity contribution >= 4 is 6.03 Å². The minimum atomic E-state index is -4.37. The lowest BCUT2D eigenvalue weighted by Gasteiger charge is -2.34. The molecule has 2 amide bonds. The molecule has 1 aliphatic rings. The van der Waals surface area contributed by atoms with Crippen LogP contribution in [0.2, 0.25) is 0 Å². The quantitative estimate of drug-likeness (QED) is 0.673. The molecule has 1 saturated heterocycles. The first-order valence-electron chi connectivity index (χ1n) is 5.14. The van der Waals surface area contributed by atoms with Crippen LogP contribution in [0.5, 0.6) is 0 Å². The average Bonchev–Trinajstić information content (AvgIpc) is 2.14. The van der Waals surface area contributed by atoms with Crippen LogP contribution < -0.4 is 16.0 Å². The molecular formula is C9H16F3N3O. The van der Waals surface area contributed by atoms with E-state index in [-0.39, 0.29) is 0 Å². The van der Waals surface area contributed by atoms with E-state index in [2.05, 4.69) is 10.6 Å². The molecule has 0 aliphatic carbocycles. The zero-order valence-electron chi connectivity index (χ0n) is 9.08. The summed E-state index contributed by atoms with van der Waals surface area (Å²) in [6.45, 7) is 2.06. The molecule has 1 fully saturated rings. The van der Waals surface area contributed by atoms with Crippen molar-refractivity contribution in [2.45, 2.75) is 31.5 Å². The molecule has 0 bridgehead atoms. The van der Waals surface area contributed by atoms with Crippen LogP contribution in [-0.4, -0.2) is 37.4 Å². The molecule has 0 atom stereocenters. The SMILES string of the molecule is CC1(NC(=O)NCC(F)(F)F)CCNCC1. The Balaban J connectivity index is 2.33. The Kier molecular flexibility index (Phi) is 4.01. The molecule has 0 spiro atoms. The van der Waals surface area contributed by atoms with Crippen molar-refractivity contribution in [3.63, 3.8) is 0 Å². The number of alkyl halides is 3. The third-order valence-electron chi connectivity index (χ3n) is 2.57. The van der Waals surface area contributed by atoms with Crippen LogP contribution in [0.25, 0.3) is 0 Å². The number of rotatable bonds is 2. The molecule has 0 unspecified atom stereocenters. The van der Waals surface area contributed by atoms with Gasteiger partial charge in [-0.15, -0.1) is 0 Å². The second kappa shape index (κ2) is 4.90. The molecule has 1 rings (SSSR count). The van der Waals surface area contributed by atoms with Crippen molar-refractivity contribution in [1.82, 2.24) is 16.0 Å². The summed E-state index contributed by atoms with van der Waals surface area (Å²) in [4.78, 5) is 11.2. The van der Waals surface area contributed by atoms with Gasteiger partial charge in [0.2, 0.25) is 0 Å². The van der Waals surface area contributed by atoms with Crippen molar-refractivity contribution in [2.24, 2.45) is 0 Å². The number of urea groups is 1. The van der Waals surface area contributed by atoms with Crippen LogP contribution >= 0.6 is 0 Å². The highest BCUT2D eigenvalue weighted by Crippen LogP contribution is 2.17. The second-order valence-electron chi connectivity index (χ2n) is 4.23. The van der Waals surface area contributed by atoms with E-state index in [4.69, 9.17) is 0 Å². The lowest BCUT2D eigenvalue weighted by atomic mass is 9.91. The van der Waals surface area contributed by atoms with Crippen molar-refractivity contribution < 1.29 is 18.0 Å². The summed E-state index contributed by atoms with van der Waals surface area (Å²) in [5.41, 5.74) is -0.416. The minimum absolute atomic E-state index is 0.416. The summed E-state index contributed by atoms with van der Waals surface area (Å²) in [5.74, 6) is 0. The predicted octanol–water partition coefficient (Wildman–Crippen LogP) is 0.990. The first-order chi connectivity index (χ1) is 7.31. The third-order valence-corrected chi connectivity index (χ3v) is 2.57. The summed E-state index contributed by atoms with van der Waals surface area (Å²) < 4.78 is 35.5. The van der Waals surface area contributed by atoms with Gasteiger partial charge in [-0.2, -0.15) is 13.2 Å². The van der Waals surface area contributed by atoms with Crippen molar-refractivity contribution in [3.8, 4) is 0 Å². The first kappa shape index (κ1) is 13.1. The van der Waals surface area contributed by atoms with Gasteiger partial charge in [-0.3, -0.25) is 0 Å².